The zero-order chi connectivity index (χ0) is 16.6. The molecule has 0 aromatic heterocycles. The summed E-state index contributed by atoms with van der Waals surface area (Å²) >= 11 is 0. The number of likely N-dealkylation sites (N-methyl/N-ethyl adjacent to an activating group) is 1. The Balaban J connectivity index is 2.73. The molecule has 5 nitrogen and oxygen atoms in total. The minimum atomic E-state index is -0.805. The smallest absolute Gasteiger partial charge is 0.309 e. The molecule has 0 aliphatic rings. The monoisotopic (exact) mass is 307 g/mol. The number of carbonyl (C=O) groups is 2. The van der Waals surface area contributed by atoms with Crippen LogP contribution in [0.1, 0.15) is 30.9 Å². The summed E-state index contributed by atoms with van der Waals surface area (Å²) in [6.07, 6.45) is 2.08. The molecule has 0 bridgehead atoms. The third-order valence-corrected chi connectivity index (χ3v) is 3.85. The molecule has 1 aromatic rings. The summed E-state index contributed by atoms with van der Waals surface area (Å²) in [6, 6.07) is 7.55. The maximum Gasteiger partial charge on any atom is 0.309 e. The molecule has 1 amide bonds. The maximum atomic E-state index is 11.6. The summed E-state index contributed by atoms with van der Waals surface area (Å²) in [4.78, 5) is 22.9. The average Bonchev–Trinajstić information content (AvgIpc) is 2.49. The predicted octanol–water partition coefficient (Wildman–Crippen LogP) is 2.04. The van der Waals surface area contributed by atoms with E-state index in [-0.39, 0.29) is 5.91 Å². The molecule has 1 aromatic carbocycles. The molecule has 0 fully saturated rings. The molecule has 0 spiro atoms. The number of hydrogen-bond acceptors (Lipinski definition) is 3. The first-order valence-electron chi connectivity index (χ1n) is 7.42. The molecule has 0 saturated carbocycles. The third-order valence-electron chi connectivity index (χ3n) is 3.85. The highest BCUT2D eigenvalue weighted by Gasteiger charge is 2.32. The number of hydrogen-bond donors (Lipinski definition) is 2. The number of rotatable bonds is 9. The number of nitrogens with one attached hydrogen (secondary N) is 1. The van der Waals surface area contributed by atoms with Gasteiger partial charge in [-0.1, -0.05) is 24.3 Å². The second kappa shape index (κ2) is 8.54. The van der Waals surface area contributed by atoms with E-state index in [1.165, 1.54) is 0 Å². The number of amides is 1. The van der Waals surface area contributed by atoms with Gasteiger partial charge in [0.15, 0.2) is 0 Å². The van der Waals surface area contributed by atoms with Crippen molar-refractivity contribution in [3.63, 3.8) is 0 Å². The van der Waals surface area contributed by atoms with Crippen LogP contribution in [0.4, 0.5) is 0 Å². The van der Waals surface area contributed by atoms with Gasteiger partial charge in [0.1, 0.15) is 0 Å². The van der Waals surface area contributed by atoms with Crippen molar-refractivity contribution in [1.29, 1.82) is 0 Å². The van der Waals surface area contributed by atoms with Gasteiger partial charge in [-0.2, -0.15) is 0 Å². The Morgan fingerprint density at radius 3 is 2.32 bits per heavy atom. The van der Waals surface area contributed by atoms with Gasteiger partial charge < -0.3 is 15.2 Å². The highest BCUT2D eigenvalue weighted by molar-refractivity contribution is 5.78. The molecule has 22 heavy (non-hydrogen) atoms. The van der Waals surface area contributed by atoms with Crippen molar-refractivity contribution in [2.75, 3.05) is 20.8 Å². The molecule has 1 atom stereocenters. The number of carboxylic acids is 1. The van der Waals surface area contributed by atoms with Crippen molar-refractivity contribution in [1.82, 2.24) is 5.32 Å². The highest BCUT2D eigenvalue weighted by Crippen LogP contribution is 2.29. The van der Waals surface area contributed by atoms with Crippen LogP contribution in [0.15, 0.2) is 24.3 Å². The van der Waals surface area contributed by atoms with Gasteiger partial charge in [-0.15, -0.1) is 0 Å². The molecule has 0 aliphatic carbocycles. The van der Waals surface area contributed by atoms with Gasteiger partial charge >= 0.3 is 5.97 Å². The quantitative estimate of drug-likeness (QED) is 0.685. The molecule has 122 valence electrons. The van der Waals surface area contributed by atoms with Crippen molar-refractivity contribution < 1.29 is 19.4 Å². The van der Waals surface area contributed by atoms with Gasteiger partial charge in [-0.3, -0.25) is 9.59 Å². The minimum Gasteiger partial charge on any atom is -0.481 e. The first kappa shape index (κ1) is 18.2. The van der Waals surface area contributed by atoms with E-state index in [2.05, 4.69) is 5.32 Å². The third kappa shape index (κ3) is 5.48. The fourth-order valence-electron chi connectivity index (χ4n) is 2.38. The normalized spacial score (nSPS) is 13.4. The standard InChI is InChI=1S/C17H25NO4/c1-17(16(20)21,9-4-10-22-3)12-14-7-5-13(6-8-14)11-15(19)18-2/h5-8H,4,9-12H2,1-3H3,(H,18,19)(H,20,21). The first-order chi connectivity index (χ1) is 10.4. The highest BCUT2D eigenvalue weighted by atomic mass is 16.5. The Morgan fingerprint density at radius 2 is 1.82 bits per heavy atom. The van der Waals surface area contributed by atoms with Crippen molar-refractivity contribution in [3.8, 4) is 0 Å². The Hall–Kier alpha value is -1.88. The summed E-state index contributed by atoms with van der Waals surface area (Å²) in [7, 11) is 3.22. The number of carbonyl (C=O) groups excluding carboxylic acids is 1. The van der Waals surface area contributed by atoms with E-state index in [0.717, 1.165) is 11.1 Å². The van der Waals surface area contributed by atoms with Gasteiger partial charge in [-0.05, 0) is 37.3 Å². The Morgan fingerprint density at radius 1 is 1.23 bits per heavy atom. The van der Waals surface area contributed by atoms with E-state index in [9.17, 15) is 14.7 Å². The van der Waals surface area contributed by atoms with Crippen molar-refractivity contribution in [2.45, 2.75) is 32.6 Å². The van der Waals surface area contributed by atoms with Gasteiger partial charge in [0.25, 0.3) is 0 Å². The van der Waals surface area contributed by atoms with Gasteiger partial charge in [0, 0.05) is 20.8 Å². The average molecular weight is 307 g/mol. The number of carboxylic acid groups (broad SMARTS) is 1. The lowest BCUT2D eigenvalue weighted by Gasteiger charge is -2.25. The number of methoxy groups -OCH3 is 1. The second-order valence-corrected chi connectivity index (χ2v) is 5.81. The molecule has 0 saturated heterocycles. The van der Waals surface area contributed by atoms with Gasteiger partial charge in [0.05, 0.1) is 11.8 Å². The molecule has 5 heteroatoms. The predicted molar refractivity (Wildman–Crippen MR) is 84.8 cm³/mol. The summed E-state index contributed by atoms with van der Waals surface area (Å²) in [5.41, 5.74) is 1.07. The van der Waals surface area contributed by atoms with Gasteiger partial charge in [0.2, 0.25) is 5.91 Å². The topological polar surface area (TPSA) is 75.6 Å². The van der Waals surface area contributed by atoms with Crippen LogP contribution in [-0.2, 0) is 27.2 Å². The zero-order valence-corrected chi connectivity index (χ0v) is 13.5. The van der Waals surface area contributed by atoms with Crippen LogP contribution in [-0.4, -0.2) is 37.7 Å². The summed E-state index contributed by atoms with van der Waals surface area (Å²) in [5.74, 6) is -0.833. The number of ether oxygens (including phenoxy) is 1. The fraction of sp³-hybridized carbons (Fsp3) is 0.529. The van der Waals surface area contributed by atoms with Crippen LogP contribution in [0.5, 0.6) is 0 Å². The summed E-state index contributed by atoms with van der Waals surface area (Å²) in [6.45, 7) is 2.33. The lowest BCUT2D eigenvalue weighted by molar-refractivity contribution is -0.148. The Kier molecular flexibility index (Phi) is 7.05. The molecule has 0 heterocycles. The molecule has 1 unspecified atom stereocenters. The largest absolute Gasteiger partial charge is 0.481 e. The number of benzene rings is 1. The van der Waals surface area contributed by atoms with E-state index in [1.807, 2.05) is 24.3 Å². The van der Waals surface area contributed by atoms with Crippen LogP contribution >= 0.6 is 0 Å². The van der Waals surface area contributed by atoms with Crippen molar-refractivity contribution in [3.05, 3.63) is 35.4 Å². The maximum absolute atomic E-state index is 11.6. The van der Waals surface area contributed by atoms with E-state index in [0.29, 0.717) is 32.3 Å². The number of aliphatic carboxylic acids is 1. The lowest BCUT2D eigenvalue weighted by atomic mass is 9.79. The zero-order valence-electron chi connectivity index (χ0n) is 13.5. The lowest BCUT2D eigenvalue weighted by Crippen LogP contribution is -2.30. The van der Waals surface area contributed by atoms with E-state index < -0.39 is 11.4 Å². The first-order valence-corrected chi connectivity index (χ1v) is 7.42. The summed E-state index contributed by atoms with van der Waals surface area (Å²) < 4.78 is 5.00. The van der Waals surface area contributed by atoms with Crippen LogP contribution < -0.4 is 5.32 Å². The van der Waals surface area contributed by atoms with Crippen molar-refractivity contribution in [2.24, 2.45) is 5.41 Å². The van der Waals surface area contributed by atoms with Crippen LogP contribution in [0.25, 0.3) is 0 Å². The van der Waals surface area contributed by atoms with Gasteiger partial charge in [-0.25, -0.2) is 0 Å². The van der Waals surface area contributed by atoms with Crippen LogP contribution in [0, 0.1) is 5.41 Å². The molecule has 1 rings (SSSR count). The molecule has 0 radical (unpaired) electrons. The molecule has 0 aliphatic heterocycles. The Labute approximate surface area is 131 Å². The fourth-order valence-corrected chi connectivity index (χ4v) is 2.38. The van der Waals surface area contributed by atoms with Crippen LogP contribution in [0.3, 0.4) is 0 Å². The van der Waals surface area contributed by atoms with E-state index in [1.54, 1.807) is 21.1 Å². The Bertz CT molecular complexity index is 498. The molecular weight excluding hydrogens is 282 g/mol. The molecule has 2 N–H and O–H groups in total. The molecular formula is C17H25NO4. The summed E-state index contributed by atoms with van der Waals surface area (Å²) in [5, 5.41) is 12.1. The van der Waals surface area contributed by atoms with Crippen molar-refractivity contribution >= 4 is 11.9 Å². The minimum absolute atomic E-state index is 0.0392. The van der Waals surface area contributed by atoms with Crippen LogP contribution in [0.2, 0.25) is 0 Å². The van der Waals surface area contributed by atoms with E-state index >= 15 is 0 Å². The second-order valence-electron chi connectivity index (χ2n) is 5.81. The van der Waals surface area contributed by atoms with E-state index in [4.69, 9.17) is 4.74 Å². The SMILES string of the molecule is CNC(=O)Cc1ccc(CC(C)(CCCOC)C(=O)O)cc1.